The number of nitrogens with zero attached hydrogens (tertiary/aromatic N) is 2. The van der Waals surface area contributed by atoms with E-state index in [0.29, 0.717) is 18.9 Å². The Kier molecular flexibility index (Phi) is 3.47. The maximum absolute atomic E-state index is 11.2. The Balaban J connectivity index is 3.03. The lowest BCUT2D eigenvalue weighted by atomic mass is 10.4. The zero-order chi connectivity index (χ0) is 10.6. The molecule has 1 aromatic rings. The zero-order valence-electron chi connectivity index (χ0n) is 8.16. The van der Waals surface area contributed by atoms with Gasteiger partial charge in [0.25, 0.3) is 5.56 Å². The summed E-state index contributed by atoms with van der Waals surface area (Å²) in [6.07, 6.45) is 1.34. The molecular formula is C8H15N5O. The van der Waals surface area contributed by atoms with Crippen molar-refractivity contribution in [2.24, 2.45) is 5.73 Å². The highest BCUT2D eigenvalue weighted by atomic mass is 16.1. The van der Waals surface area contributed by atoms with E-state index in [0.717, 1.165) is 6.54 Å². The van der Waals surface area contributed by atoms with Crippen molar-refractivity contribution in [3.8, 4) is 0 Å². The molecule has 0 fully saturated rings. The van der Waals surface area contributed by atoms with Crippen LogP contribution in [0, 0.1) is 0 Å². The lowest BCUT2D eigenvalue weighted by Gasteiger charge is -2.21. The van der Waals surface area contributed by atoms with E-state index in [9.17, 15) is 4.79 Å². The molecule has 0 aliphatic rings. The normalized spacial score (nSPS) is 10.1. The summed E-state index contributed by atoms with van der Waals surface area (Å²) in [6, 6.07) is 0. The van der Waals surface area contributed by atoms with Crippen LogP contribution in [0.2, 0.25) is 0 Å². The third-order valence-corrected chi connectivity index (χ3v) is 1.95. The number of H-pyrrole nitrogens is 1. The molecule has 5 N–H and O–H groups in total. The number of hydrogen-bond acceptors (Lipinski definition) is 5. The molecule has 0 aromatic carbocycles. The van der Waals surface area contributed by atoms with Crippen LogP contribution < -0.4 is 21.9 Å². The van der Waals surface area contributed by atoms with Crippen molar-refractivity contribution in [2.75, 3.05) is 30.3 Å². The molecule has 0 saturated heterocycles. The first-order valence-corrected chi connectivity index (χ1v) is 4.48. The maximum Gasteiger partial charge on any atom is 0.276 e. The fourth-order valence-electron chi connectivity index (χ4n) is 1.22. The van der Waals surface area contributed by atoms with Crippen molar-refractivity contribution in [1.82, 2.24) is 9.97 Å². The molecule has 0 aliphatic carbocycles. The van der Waals surface area contributed by atoms with Gasteiger partial charge in [0.1, 0.15) is 5.69 Å². The SMILES string of the molecule is CCN(CCN)c1nc[nH]c(=O)c1N. The third kappa shape index (κ3) is 2.02. The highest BCUT2D eigenvalue weighted by Crippen LogP contribution is 2.13. The van der Waals surface area contributed by atoms with Crippen molar-refractivity contribution in [3.63, 3.8) is 0 Å². The van der Waals surface area contributed by atoms with Crippen LogP contribution in [0.5, 0.6) is 0 Å². The topological polar surface area (TPSA) is 101 Å². The van der Waals surface area contributed by atoms with Gasteiger partial charge in [0.2, 0.25) is 0 Å². The molecule has 0 aliphatic heterocycles. The highest BCUT2D eigenvalue weighted by molar-refractivity contribution is 5.60. The first kappa shape index (κ1) is 10.5. The number of anilines is 2. The number of likely N-dealkylation sites (N-methyl/N-ethyl adjacent to an activating group) is 1. The number of nitrogen functional groups attached to an aromatic ring is 1. The predicted molar refractivity (Wildman–Crippen MR) is 56.2 cm³/mol. The average molecular weight is 197 g/mol. The van der Waals surface area contributed by atoms with Gasteiger partial charge in [-0.25, -0.2) is 4.98 Å². The van der Waals surface area contributed by atoms with Gasteiger partial charge in [-0.05, 0) is 6.92 Å². The van der Waals surface area contributed by atoms with Gasteiger partial charge < -0.3 is 21.4 Å². The quantitative estimate of drug-likeness (QED) is 0.583. The number of hydrogen-bond donors (Lipinski definition) is 3. The Morgan fingerprint density at radius 1 is 1.64 bits per heavy atom. The summed E-state index contributed by atoms with van der Waals surface area (Å²) in [5, 5.41) is 0. The van der Waals surface area contributed by atoms with Crippen LogP contribution in [0.3, 0.4) is 0 Å². The number of aromatic nitrogens is 2. The molecule has 0 unspecified atom stereocenters. The van der Waals surface area contributed by atoms with Crippen LogP contribution in [0.1, 0.15) is 6.92 Å². The van der Waals surface area contributed by atoms with Gasteiger partial charge in [-0.3, -0.25) is 4.79 Å². The smallest absolute Gasteiger partial charge is 0.276 e. The summed E-state index contributed by atoms with van der Waals surface area (Å²) in [7, 11) is 0. The lowest BCUT2D eigenvalue weighted by molar-refractivity contribution is 0.799. The monoisotopic (exact) mass is 197 g/mol. The molecule has 0 bridgehead atoms. The predicted octanol–water partition coefficient (Wildman–Crippen LogP) is -0.863. The fraction of sp³-hybridized carbons (Fsp3) is 0.500. The fourth-order valence-corrected chi connectivity index (χ4v) is 1.22. The Labute approximate surface area is 81.9 Å². The summed E-state index contributed by atoms with van der Waals surface area (Å²) in [5.74, 6) is 0.502. The van der Waals surface area contributed by atoms with Crippen LogP contribution in [0.4, 0.5) is 11.5 Å². The molecule has 0 radical (unpaired) electrons. The van der Waals surface area contributed by atoms with E-state index in [-0.39, 0.29) is 11.2 Å². The summed E-state index contributed by atoms with van der Waals surface area (Å²) in [4.78, 5) is 19.5. The summed E-state index contributed by atoms with van der Waals surface area (Å²) < 4.78 is 0. The molecular weight excluding hydrogens is 182 g/mol. The Morgan fingerprint density at radius 3 is 2.93 bits per heavy atom. The third-order valence-electron chi connectivity index (χ3n) is 1.95. The van der Waals surface area contributed by atoms with Gasteiger partial charge >= 0.3 is 0 Å². The molecule has 0 saturated carbocycles. The summed E-state index contributed by atoms with van der Waals surface area (Å²) in [5.41, 5.74) is 10.9. The highest BCUT2D eigenvalue weighted by Gasteiger charge is 2.10. The number of nitrogens with one attached hydrogen (secondary N) is 1. The largest absolute Gasteiger partial charge is 0.391 e. The lowest BCUT2D eigenvalue weighted by Crippen LogP contribution is -2.32. The summed E-state index contributed by atoms with van der Waals surface area (Å²) in [6.45, 7) is 3.81. The van der Waals surface area contributed by atoms with E-state index in [1.807, 2.05) is 11.8 Å². The van der Waals surface area contributed by atoms with Crippen LogP contribution in [0.15, 0.2) is 11.1 Å². The van der Waals surface area contributed by atoms with E-state index in [4.69, 9.17) is 11.5 Å². The number of aromatic amines is 1. The van der Waals surface area contributed by atoms with Crippen molar-refractivity contribution >= 4 is 11.5 Å². The zero-order valence-corrected chi connectivity index (χ0v) is 8.16. The van der Waals surface area contributed by atoms with Crippen LogP contribution in [0.25, 0.3) is 0 Å². The summed E-state index contributed by atoms with van der Waals surface area (Å²) >= 11 is 0. The minimum atomic E-state index is -0.314. The second-order valence-corrected chi connectivity index (χ2v) is 2.84. The van der Waals surface area contributed by atoms with Crippen molar-refractivity contribution in [2.45, 2.75) is 6.92 Å². The number of rotatable bonds is 4. The first-order chi connectivity index (χ1) is 6.70. The van der Waals surface area contributed by atoms with Crippen LogP contribution >= 0.6 is 0 Å². The number of nitrogens with two attached hydrogens (primary N) is 2. The molecule has 1 rings (SSSR count). The molecule has 6 nitrogen and oxygen atoms in total. The molecule has 14 heavy (non-hydrogen) atoms. The van der Waals surface area contributed by atoms with Crippen LogP contribution in [-0.2, 0) is 0 Å². The van der Waals surface area contributed by atoms with Crippen molar-refractivity contribution in [3.05, 3.63) is 16.7 Å². The molecule has 0 amide bonds. The standard InChI is InChI=1S/C8H15N5O/c1-2-13(4-3-9)7-6(10)8(14)12-5-11-7/h5H,2-4,9-10H2,1H3,(H,11,12,14). The molecule has 0 atom stereocenters. The van der Waals surface area contributed by atoms with E-state index in [2.05, 4.69) is 9.97 Å². The van der Waals surface area contributed by atoms with E-state index >= 15 is 0 Å². The van der Waals surface area contributed by atoms with E-state index in [1.54, 1.807) is 0 Å². The van der Waals surface area contributed by atoms with Gasteiger partial charge in [0.15, 0.2) is 5.82 Å². The van der Waals surface area contributed by atoms with E-state index in [1.165, 1.54) is 6.33 Å². The van der Waals surface area contributed by atoms with Gasteiger partial charge in [0.05, 0.1) is 6.33 Å². The Morgan fingerprint density at radius 2 is 2.36 bits per heavy atom. The van der Waals surface area contributed by atoms with Crippen LogP contribution in [-0.4, -0.2) is 29.6 Å². The molecule has 78 valence electrons. The van der Waals surface area contributed by atoms with Crippen molar-refractivity contribution < 1.29 is 0 Å². The Hall–Kier alpha value is -1.56. The van der Waals surface area contributed by atoms with Gasteiger partial charge in [0, 0.05) is 19.6 Å². The second-order valence-electron chi connectivity index (χ2n) is 2.84. The van der Waals surface area contributed by atoms with Gasteiger partial charge in [-0.15, -0.1) is 0 Å². The molecule has 1 aromatic heterocycles. The second kappa shape index (κ2) is 4.61. The van der Waals surface area contributed by atoms with E-state index < -0.39 is 0 Å². The van der Waals surface area contributed by atoms with Gasteiger partial charge in [-0.1, -0.05) is 0 Å². The van der Waals surface area contributed by atoms with Crippen molar-refractivity contribution in [1.29, 1.82) is 0 Å². The minimum Gasteiger partial charge on any atom is -0.391 e. The average Bonchev–Trinajstić information content (AvgIpc) is 2.19. The first-order valence-electron chi connectivity index (χ1n) is 4.48. The van der Waals surface area contributed by atoms with Gasteiger partial charge in [-0.2, -0.15) is 0 Å². The molecule has 1 heterocycles. The molecule has 0 spiro atoms. The Bertz CT molecular complexity index is 348. The molecule has 6 heteroatoms. The minimum absolute atomic E-state index is 0.141. The maximum atomic E-state index is 11.2.